The number of ether oxygens (including phenoxy) is 2. The Balaban J connectivity index is 1.77. The molecule has 6 nitrogen and oxygen atoms in total. The van der Waals surface area contributed by atoms with E-state index in [-0.39, 0.29) is 11.8 Å². The van der Waals surface area contributed by atoms with Crippen molar-refractivity contribution in [2.24, 2.45) is 0 Å². The Kier molecular flexibility index (Phi) is 5.32. The van der Waals surface area contributed by atoms with Crippen molar-refractivity contribution >= 4 is 34.8 Å². The summed E-state index contributed by atoms with van der Waals surface area (Å²) in [6.07, 6.45) is 1.36. The van der Waals surface area contributed by atoms with E-state index in [1.54, 1.807) is 41.3 Å². The molecule has 0 unspecified atom stereocenters. The maximum absolute atomic E-state index is 12.5. The summed E-state index contributed by atoms with van der Waals surface area (Å²) in [4.78, 5) is 26.0. The first-order chi connectivity index (χ1) is 12.5. The van der Waals surface area contributed by atoms with E-state index in [1.807, 2.05) is 0 Å². The fourth-order valence-corrected chi connectivity index (χ4v) is 3.17. The molecule has 1 fully saturated rings. The molecule has 0 saturated carbocycles. The second-order valence-electron chi connectivity index (χ2n) is 5.84. The molecule has 1 aliphatic heterocycles. The Labute approximate surface area is 156 Å². The van der Waals surface area contributed by atoms with Crippen LogP contribution in [0, 0.1) is 0 Å². The van der Waals surface area contributed by atoms with E-state index in [0.29, 0.717) is 46.4 Å². The van der Waals surface area contributed by atoms with Gasteiger partial charge in [0.15, 0.2) is 11.5 Å². The summed E-state index contributed by atoms with van der Waals surface area (Å²) >= 11 is 6.31. The molecule has 1 saturated heterocycles. The minimum Gasteiger partial charge on any atom is -0.493 e. The van der Waals surface area contributed by atoms with Crippen molar-refractivity contribution in [1.82, 2.24) is 0 Å². The minimum absolute atomic E-state index is 0.0639. The predicted octanol–water partition coefficient (Wildman–Crippen LogP) is 3.74. The van der Waals surface area contributed by atoms with Gasteiger partial charge in [-0.15, -0.1) is 0 Å². The van der Waals surface area contributed by atoms with Crippen molar-refractivity contribution in [2.75, 3.05) is 31.0 Å². The molecule has 7 heteroatoms. The van der Waals surface area contributed by atoms with Crippen LogP contribution in [0.5, 0.6) is 11.5 Å². The highest BCUT2D eigenvalue weighted by Crippen LogP contribution is 2.32. The lowest BCUT2D eigenvalue weighted by Crippen LogP contribution is -2.24. The lowest BCUT2D eigenvalue weighted by molar-refractivity contribution is -0.117. The molecule has 0 bridgehead atoms. The first-order valence-corrected chi connectivity index (χ1v) is 8.54. The summed E-state index contributed by atoms with van der Waals surface area (Å²) in [6, 6.07) is 10.0. The normalized spacial score (nSPS) is 13.7. The zero-order valence-electron chi connectivity index (χ0n) is 14.5. The van der Waals surface area contributed by atoms with Crippen LogP contribution in [-0.4, -0.2) is 32.6 Å². The molecule has 0 radical (unpaired) electrons. The van der Waals surface area contributed by atoms with Gasteiger partial charge in [-0.1, -0.05) is 11.6 Å². The summed E-state index contributed by atoms with van der Waals surface area (Å²) in [5, 5.41) is 3.22. The number of nitrogens with one attached hydrogen (secondary N) is 1. The van der Waals surface area contributed by atoms with Crippen molar-refractivity contribution in [3.05, 3.63) is 47.0 Å². The zero-order valence-corrected chi connectivity index (χ0v) is 15.3. The Morgan fingerprint density at radius 3 is 2.50 bits per heavy atom. The Bertz CT molecular complexity index is 853. The molecule has 3 rings (SSSR count). The van der Waals surface area contributed by atoms with Gasteiger partial charge in [0.1, 0.15) is 0 Å². The van der Waals surface area contributed by atoms with E-state index in [1.165, 1.54) is 14.2 Å². The summed E-state index contributed by atoms with van der Waals surface area (Å²) in [5.74, 6) is 0.786. The summed E-state index contributed by atoms with van der Waals surface area (Å²) in [7, 11) is 3.05. The number of nitrogens with zero attached hydrogens (tertiary/aromatic N) is 1. The van der Waals surface area contributed by atoms with Crippen LogP contribution in [-0.2, 0) is 4.79 Å². The third kappa shape index (κ3) is 3.60. The van der Waals surface area contributed by atoms with Crippen molar-refractivity contribution in [1.29, 1.82) is 0 Å². The van der Waals surface area contributed by atoms with Gasteiger partial charge in [0, 0.05) is 24.2 Å². The van der Waals surface area contributed by atoms with Crippen molar-refractivity contribution in [3.63, 3.8) is 0 Å². The number of rotatable bonds is 5. The van der Waals surface area contributed by atoms with Gasteiger partial charge in [0.05, 0.1) is 24.9 Å². The molecular weight excluding hydrogens is 356 g/mol. The number of hydrogen-bond donors (Lipinski definition) is 1. The maximum atomic E-state index is 12.5. The monoisotopic (exact) mass is 374 g/mol. The topological polar surface area (TPSA) is 67.9 Å². The van der Waals surface area contributed by atoms with Gasteiger partial charge < -0.3 is 19.7 Å². The highest BCUT2D eigenvalue weighted by atomic mass is 35.5. The molecular formula is C19H19ClN2O4. The Morgan fingerprint density at radius 1 is 1.12 bits per heavy atom. The predicted molar refractivity (Wildman–Crippen MR) is 101 cm³/mol. The smallest absolute Gasteiger partial charge is 0.255 e. The zero-order chi connectivity index (χ0) is 18.7. The van der Waals surface area contributed by atoms with Crippen molar-refractivity contribution in [3.8, 4) is 11.5 Å². The molecule has 2 aromatic carbocycles. The fraction of sp³-hybridized carbons (Fsp3) is 0.263. The number of carbonyl (C=O) groups excluding carboxylic acids is 2. The summed E-state index contributed by atoms with van der Waals surface area (Å²) in [6.45, 7) is 0.663. The van der Waals surface area contributed by atoms with Crippen LogP contribution in [0.4, 0.5) is 11.4 Å². The molecule has 2 amide bonds. The SMILES string of the molecule is COc1ccc(C(=O)Nc2ccc(N3CCCC3=O)c(Cl)c2)cc1OC. The van der Waals surface area contributed by atoms with Crippen molar-refractivity contribution in [2.45, 2.75) is 12.8 Å². The van der Waals surface area contributed by atoms with Gasteiger partial charge in [-0.3, -0.25) is 9.59 Å². The third-order valence-electron chi connectivity index (χ3n) is 4.22. The molecule has 0 atom stereocenters. The molecule has 0 aliphatic carbocycles. The summed E-state index contributed by atoms with van der Waals surface area (Å²) < 4.78 is 10.4. The fourth-order valence-electron chi connectivity index (χ4n) is 2.89. The van der Waals surface area contributed by atoms with Gasteiger partial charge in [0.25, 0.3) is 5.91 Å². The number of halogens is 1. The number of hydrogen-bond acceptors (Lipinski definition) is 4. The van der Waals surface area contributed by atoms with Gasteiger partial charge >= 0.3 is 0 Å². The van der Waals surface area contributed by atoms with E-state index >= 15 is 0 Å². The Hall–Kier alpha value is -2.73. The van der Waals surface area contributed by atoms with E-state index in [2.05, 4.69) is 5.32 Å². The van der Waals surface area contributed by atoms with Crippen LogP contribution >= 0.6 is 11.6 Å². The van der Waals surface area contributed by atoms with Crippen LogP contribution in [0.3, 0.4) is 0 Å². The average molecular weight is 375 g/mol. The highest BCUT2D eigenvalue weighted by molar-refractivity contribution is 6.34. The van der Waals surface area contributed by atoms with Crippen LogP contribution in [0.1, 0.15) is 23.2 Å². The standard InChI is InChI=1S/C19H19ClN2O4/c1-25-16-8-5-12(10-17(16)26-2)19(24)21-13-6-7-15(14(20)11-13)22-9-3-4-18(22)23/h5-8,10-11H,3-4,9H2,1-2H3,(H,21,24). The van der Waals surface area contributed by atoms with Crippen LogP contribution in [0.15, 0.2) is 36.4 Å². The lowest BCUT2D eigenvalue weighted by atomic mass is 10.1. The molecule has 26 heavy (non-hydrogen) atoms. The van der Waals surface area contributed by atoms with Crippen LogP contribution in [0.25, 0.3) is 0 Å². The molecule has 2 aromatic rings. The highest BCUT2D eigenvalue weighted by Gasteiger charge is 2.23. The number of methoxy groups -OCH3 is 2. The lowest BCUT2D eigenvalue weighted by Gasteiger charge is -2.18. The van der Waals surface area contributed by atoms with Gasteiger partial charge in [-0.25, -0.2) is 0 Å². The van der Waals surface area contributed by atoms with E-state index < -0.39 is 0 Å². The summed E-state index contributed by atoms with van der Waals surface area (Å²) in [5.41, 5.74) is 1.64. The second kappa shape index (κ2) is 7.66. The number of amides is 2. The van der Waals surface area contributed by atoms with E-state index in [9.17, 15) is 9.59 Å². The first-order valence-electron chi connectivity index (χ1n) is 8.17. The number of benzene rings is 2. The average Bonchev–Trinajstić information content (AvgIpc) is 3.07. The second-order valence-corrected chi connectivity index (χ2v) is 6.25. The first kappa shape index (κ1) is 18.1. The molecule has 0 aromatic heterocycles. The largest absolute Gasteiger partial charge is 0.493 e. The van der Waals surface area contributed by atoms with Crippen molar-refractivity contribution < 1.29 is 19.1 Å². The maximum Gasteiger partial charge on any atom is 0.255 e. The van der Waals surface area contributed by atoms with Gasteiger partial charge in [-0.05, 0) is 42.8 Å². The minimum atomic E-state index is -0.299. The Morgan fingerprint density at radius 2 is 1.88 bits per heavy atom. The van der Waals surface area contributed by atoms with E-state index in [4.69, 9.17) is 21.1 Å². The number of carbonyl (C=O) groups is 2. The van der Waals surface area contributed by atoms with E-state index in [0.717, 1.165) is 6.42 Å². The number of anilines is 2. The molecule has 1 heterocycles. The third-order valence-corrected chi connectivity index (χ3v) is 4.52. The van der Waals surface area contributed by atoms with Gasteiger partial charge in [0.2, 0.25) is 5.91 Å². The van der Waals surface area contributed by atoms with Crippen LogP contribution in [0.2, 0.25) is 5.02 Å². The molecule has 1 N–H and O–H groups in total. The molecule has 136 valence electrons. The van der Waals surface area contributed by atoms with Crippen LogP contribution < -0.4 is 19.7 Å². The molecule has 0 spiro atoms. The quantitative estimate of drug-likeness (QED) is 0.865. The molecule has 1 aliphatic rings. The van der Waals surface area contributed by atoms with Gasteiger partial charge in [-0.2, -0.15) is 0 Å².